The van der Waals surface area contributed by atoms with Crippen LogP contribution < -0.4 is 5.32 Å². The minimum Gasteiger partial charge on any atom is -0.340 e. The summed E-state index contributed by atoms with van der Waals surface area (Å²) in [5.41, 5.74) is 2.48. The van der Waals surface area contributed by atoms with E-state index in [9.17, 15) is 18.0 Å². The summed E-state index contributed by atoms with van der Waals surface area (Å²) in [6.07, 6.45) is 4.75. The molecule has 0 saturated carbocycles. The first-order valence-corrected chi connectivity index (χ1v) is 12.8. The highest BCUT2D eigenvalue weighted by Gasteiger charge is 2.23. The molecule has 8 nitrogen and oxygen atoms in total. The van der Waals surface area contributed by atoms with E-state index in [1.165, 1.54) is 24.3 Å². The summed E-state index contributed by atoms with van der Waals surface area (Å²) < 4.78 is 28.1. The van der Waals surface area contributed by atoms with Crippen LogP contribution in [0.5, 0.6) is 0 Å². The Bertz CT molecular complexity index is 1360. The van der Waals surface area contributed by atoms with E-state index < -0.39 is 16.1 Å². The Labute approximate surface area is 207 Å². The standard InChI is InChI=1S/C26H32N4O4S/c1-6-7-16-29(5)26(32)23(27-25(31)20-14-12-19(2)13-15-20)17-21-18-30(35(33,34)28(3)4)24-11-9-8-10-22(21)24/h8-15,17-18H,6-7,16H2,1-5H3,(H,27,31)/b23-17-. The van der Waals surface area contributed by atoms with E-state index in [2.05, 4.69) is 5.32 Å². The van der Waals surface area contributed by atoms with Crippen LogP contribution in [0.4, 0.5) is 0 Å². The molecule has 1 aromatic heterocycles. The number of hydrogen-bond donors (Lipinski definition) is 1. The maximum absolute atomic E-state index is 13.3. The maximum atomic E-state index is 13.3. The number of unbranched alkanes of at least 4 members (excludes halogenated alkanes) is 1. The Morgan fingerprint density at radius 3 is 2.31 bits per heavy atom. The van der Waals surface area contributed by atoms with Crippen molar-refractivity contribution in [1.82, 2.24) is 18.5 Å². The zero-order chi connectivity index (χ0) is 25.8. The monoisotopic (exact) mass is 496 g/mol. The Morgan fingerprint density at radius 2 is 1.69 bits per heavy atom. The molecule has 0 saturated heterocycles. The molecule has 2 aromatic carbocycles. The topological polar surface area (TPSA) is 91.7 Å². The van der Waals surface area contributed by atoms with Crippen LogP contribution in [0, 0.1) is 6.92 Å². The van der Waals surface area contributed by atoms with Crippen LogP contribution in [0.25, 0.3) is 17.0 Å². The summed E-state index contributed by atoms with van der Waals surface area (Å²) in [5, 5.41) is 3.40. The van der Waals surface area contributed by atoms with Gasteiger partial charge in [0.15, 0.2) is 0 Å². The van der Waals surface area contributed by atoms with Crippen molar-refractivity contribution in [3.8, 4) is 0 Å². The average Bonchev–Trinajstić information content (AvgIpc) is 3.21. The van der Waals surface area contributed by atoms with Crippen LogP contribution in [0.2, 0.25) is 0 Å². The van der Waals surface area contributed by atoms with E-state index in [1.54, 1.807) is 54.4 Å². The number of aromatic nitrogens is 1. The Morgan fingerprint density at radius 1 is 1.03 bits per heavy atom. The molecule has 0 bridgehead atoms. The first kappa shape index (κ1) is 26.2. The quantitative estimate of drug-likeness (QED) is 0.458. The predicted octanol–water partition coefficient (Wildman–Crippen LogP) is 3.63. The normalized spacial score (nSPS) is 12.2. The number of nitrogens with one attached hydrogen (secondary N) is 1. The lowest BCUT2D eigenvalue weighted by molar-refractivity contribution is -0.126. The highest BCUT2D eigenvalue weighted by molar-refractivity contribution is 7.87. The van der Waals surface area contributed by atoms with Crippen LogP contribution in [-0.4, -0.2) is 61.1 Å². The lowest BCUT2D eigenvalue weighted by atomic mass is 10.1. The second kappa shape index (κ2) is 10.9. The molecule has 9 heteroatoms. The molecule has 0 fully saturated rings. The Balaban J connectivity index is 2.11. The van der Waals surface area contributed by atoms with Gasteiger partial charge in [-0.3, -0.25) is 9.59 Å². The molecule has 0 aliphatic carbocycles. The summed E-state index contributed by atoms with van der Waals surface area (Å²) in [6.45, 7) is 4.49. The zero-order valence-corrected chi connectivity index (χ0v) is 21.6. The highest BCUT2D eigenvalue weighted by atomic mass is 32.2. The predicted molar refractivity (Wildman–Crippen MR) is 139 cm³/mol. The number of nitrogens with zero attached hydrogens (tertiary/aromatic N) is 3. The number of rotatable bonds is 9. The second-order valence-corrected chi connectivity index (χ2v) is 10.7. The van der Waals surface area contributed by atoms with Crippen LogP contribution in [0.3, 0.4) is 0 Å². The molecule has 186 valence electrons. The van der Waals surface area contributed by atoms with Crippen LogP contribution in [0.1, 0.15) is 41.3 Å². The molecule has 3 rings (SSSR count). The van der Waals surface area contributed by atoms with Gasteiger partial charge in [0.2, 0.25) is 0 Å². The van der Waals surface area contributed by atoms with Crippen LogP contribution in [-0.2, 0) is 15.0 Å². The first-order chi connectivity index (χ1) is 16.6. The fraction of sp³-hybridized carbons (Fsp3) is 0.308. The van der Waals surface area contributed by atoms with E-state index in [0.29, 0.717) is 28.6 Å². The van der Waals surface area contributed by atoms with Gasteiger partial charge < -0.3 is 10.2 Å². The van der Waals surface area contributed by atoms with E-state index in [0.717, 1.165) is 22.7 Å². The molecule has 0 aliphatic heterocycles. The summed E-state index contributed by atoms with van der Waals surface area (Å²) in [6, 6.07) is 14.1. The molecule has 0 unspecified atom stereocenters. The fourth-order valence-electron chi connectivity index (χ4n) is 3.57. The van der Waals surface area contributed by atoms with Gasteiger partial charge in [0.1, 0.15) is 5.70 Å². The molecule has 0 spiro atoms. The van der Waals surface area contributed by atoms with E-state index >= 15 is 0 Å². The highest BCUT2D eigenvalue weighted by Crippen LogP contribution is 2.26. The summed E-state index contributed by atoms with van der Waals surface area (Å²) in [4.78, 5) is 27.9. The number of amides is 2. The number of carbonyl (C=O) groups excluding carboxylic acids is 2. The minimum absolute atomic E-state index is 0.0688. The lowest BCUT2D eigenvalue weighted by Gasteiger charge is -2.19. The van der Waals surface area contributed by atoms with Crippen molar-refractivity contribution in [2.75, 3.05) is 27.7 Å². The Hall–Kier alpha value is -3.43. The lowest BCUT2D eigenvalue weighted by Crippen LogP contribution is -2.36. The van der Waals surface area contributed by atoms with Gasteiger partial charge in [-0.2, -0.15) is 12.7 Å². The number of hydrogen-bond acceptors (Lipinski definition) is 4. The first-order valence-electron chi connectivity index (χ1n) is 11.4. The van der Waals surface area contributed by atoms with Gasteiger partial charge in [0.05, 0.1) is 5.52 Å². The molecule has 2 amide bonds. The van der Waals surface area contributed by atoms with Crippen LogP contribution >= 0.6 is 0 Å². The number of para-hydroxylation sites is 1. The smallest absolute Gasteiger partial charge is 0.307 e. The molecule has 0 radical (unpaired) electrons. The maximum Gasteiger partial charge on any atom is 0.307 e. The third-order valence-corrected chi connectivity index (χ3v) is 7.43. The van der Waals surface area contributed by atoms with Gasteiger partial charge in [-0.25, -0.2) is 3.97 Å². The third-order valence-electron chi connectivity index (χ3n) is 5.70. The van der Waals surface area contributed by atoms with E-state index in [1.807, 2.05) is 26.0 Å². The number of carbonyl (C=O) groups is 2. The van der Waals surface area contributed by atoms with Crippen molar-refractivity contribution in [1.29, 1.82) is 0 Å². The Kier molecular flexibility index (Phi) is 8.14. The second-order valence-electron chi connectivity index (χ2n) is 8.65. The molecule has 1 N–H and O–H groups in total. The number of aryl methyl sites for hydroxylation is 1. The van der Waals surface area contributed by atoms with Crippen molar-refractivity contribution < 1.29 is 18.0 Å². The fourth-order valence-corrected chi connectivity index (χ4v) is 4.57. The molecule has 1 heterocycles. The van der Waals surface area contributed by atoms with Gasteiger partial charge in [-0.15, -0.1) is 0 Å². The van der Waals surface area contributed by atoms with E-state index in [-0.39, 0.29) is 11.6 Å². The molecular weight excluding hydrogens is 464 g/mol. The van der Waals surface area contributed by atoms with Crippen molar-refractivity contribution in [3.05, 3.63) is 77.1 Å². The number of fused-ring (bicyclic) bond motifs is 1. The largest absolute Gasteiger partial charge is 0.340 e. The summed E-state index contributed by atoms with van der Waals surface area (Å²) >= 11 is 0. The summed E-state index contributed by atoms with van der Waals surface area (Å²) in [7, 11) is 0.800. The van der Waals surface area contributed by atoms with Gasteiger partial charge in [-0.05, 0) is 37.6 Å². The van der Waals surface area contributed by atoms with Gasteiger partial charge >= 0.3 is 10.2 Å². The van der Waals surface area contributed by atoms with Gasteiger partial charge in [0, 0.05) is 50.4 Å². The number of likely N-dealkylation sites (N-methyl/N-ethyl adjacent to an activating group) is 1. The molecule has 0 atom stereocenters. The molecule has 3 aromatic rings. The van der Waals surface area contributed by atoms with Crippen molar-refractivity contribution in [2.45, 2.75) is 26.7 Å². The minimum atomic E-state index is -3.80. The SMILES string of the molecule is CCCCN(C)C(=O)/C(=C/c1cn(S(=O)(=O)N(C)C)c2ccccc12)NC(=O)c1ccc(C)cc1. The van der Waals surface area contributed by atoms with E-state index in [4.69, 9.17) is 0 Å². The summed E-state index contributed by atoms with van der Waals surface area (Å²) in [5.74, 6) is -0.774. The van der Waals surface area contributed by atoms with Crippen LogP contribution in [0.15, 0.2) is 60.4 Å². The van der Waals surface area contributed by atoms with Crippen molar-refractivity contribution in [2.24, 2.45) is 0 Å². The molecular formula is C26H32N4O4S. The van der Waals surface area contributed by atoms with Crippen molar-refractivity contribution >= 4 is 39.0 Å². The van der Waals surface area contributed by atoms with Crippen molar-refractivity contribution in [3.63, 3.8) is 0 Å². The van der Waals surface area contributed by atoms with Gasteiger partial charge in [-0.1, -0.05) is 49.2 Å². The average molecular weight is 497 g/mol. The number of benzene rings is 2. The molecule has 35 heavy (non-hydrogen) atoms. The molecule has 0 aliphatic rings. The third kappa shape index (κ3) is 5.80. The van der Waals surface area contributed by atoms with Gasteiger partial charge in [0.25, 0.3) is 11.8 Å². The zero-order valence-electron chi connectivity index (χ0n) is 20.8.